The monoisotopic (exact) mass is 549 g/mol. The predicted molar refractivity (Wildman–Crippen MR) is 129 cm³/mol. The molecular weight excluding hydrogens is 517 g/mol. The first-order valence-electron chi connectivity index (χ1n) is 12.4. The van der Waals surface area contributed by atoms with E-state index in [2.05, 4.69) is 0 Å². The van der Waals surface area contributed by atoms with Crippen LogP contribution in [0.2, 0.25) is 0 Å². The van der Waals surface area contributed by atoms with Crippen molar-refractivity contribution >= 4 is 10.2 Å². The van der Waals surface area contributed by atoms with Gasteiger partial charge in [-0.3, -0.25) is 4.98 Å². The summed E-state index contributed by atoms with van der Waals surface area (Å²) in [4.78, 5) is 2.87. The Morgan fingerprint density at radius 2 is 1.57 bits per heavy atom. The summed E-state index contributed by atoms with van der Waals surface area (Å²) < 4.78 is 79.1. The fourth-order valence-electron chi connectivity index (χ4n) is 6.02. The lowest BCUT2D eigenvalue weighted by molar-refractivity contribution is -0.123. The molecule has 1 fully saturated rings. The van der Waals surface area contributed by atoms with Gasteiger partial charge in [0.25, 0.3) is 0 Å². The van der Waals surface area contributed by atoms with Crippen LogP contribution < -0.4 is 0 Å². The second-order valence-electron chi connectivity index (χ2n) is 11.5. The second kappa shape index (κ2) is 7.65. The van der Waals surface area contributed by atoms with Crippen LogP contribution in [0, 0.1) is 5.41 Å². The highest BCUT2D eigenvalue weighted by molar-refractivity contribution is 8.45. The van der Waals surface area contributed by atoms with E-state index in [1.165, 1.54) is 0 Å². The predicted octanol–water partition coefficient (Wildman–Crippen LogP) is 7.48. The molecule has 0 radical (unpaired) electrons. The van der Waals surface area contributed by atoms with Crippen LogP contribution in [0.3, 0.4) is 0 Å². The van der Waals surface area contributed by atoms with E-state index in [4.69, 9.17) is 14.5 Å². The average Bonchev–Trinajstić information content (AvgIpc) is 3.09. The van der Waals surface area contributed by atoms with E-state index >= 15 is 0 Å². The van der Waals surface area contributed by atoms with Gasteiger partial charge in [-0.05, 0) is 41.0 Å². The zero-order valence-corrected chi connectivity index (χ0v) is 21.9. The van der Waals surface area contributed by atoms with E-state index < -0.39 is 44.4 Å². The summed E-state index contributed by atoms with van der Waals surface area (Å²) in [6.07, 6.45) is -1.61. The summed E-state index contributed by atoms with van der Waals surface area (Å²) in [6, 6.07) is 2.85. The van der Waals surface area contributed by atoms with Crippen LogP contribution in [0.15, 0.2) is 29.2 Å². The number of hydrogen-bond acceptors (Lipinski definition) is 5. The molecular formula is C26H32F5NO4S. The molecule has 2 aromatic rings. The molecule has 0 saturated carbocycles. The highest BCUT2D eigenvalue weighted by Crippen LogP contribution is 3.02. The molecule has 1 aromatic heterocycles. The van der Waals surface area contributed by atoms with Crippen LogP contribution in [-0.4, -0.2) is 28.4 Å². The molecule has 3 atom stereocenters. The second-order valence-corrected chi connectivity index (χ2v) is 13.9. The summed E-state index contributed by atoms with van der Waals surface area (Å²) in [6.45, 7) is 8.28. The fraction of sp³-hybridized carbons (Fsp3) is 0.577. The van der Waals surface area contributed by atoms with Crippen molar-refractivity contribution in [2.75, 3.05) is 13.2 Å². The van der Waals surface area contributed by atoms with E-state index in [-0.39, 0.29) is 17.9 Å². The molecule has 2 N–H and O–H groups in total. The van der Waals surface area contributed by atoms with Crippen LogP contribution in [0.5, 0.6) is 0 Å². The minimum absolute atomic E-state index is 0.154. The number of benzene rings is 1. The summed E-state index contributed by atoms with van der Waals surface area (Å²) in [5.74, 6) is -0.154. The fourth-order valence-corrected chi connectivity index (χ4v) is 6.67. The van der Waals surface area contributed by atoms with Crippen LogP contribution in [-0.2, 0) is 15.1 Å². The third-order valence-corrected chi connectivity index (χ3v) is 9.08. The van der Waals surface area contributed by atoms with E-state index in [0.29, 0.717) is 66.3 Å². The number of pyridine rings is 1. The molecule has 0 amide bonds. The Hall–Kier alpha value is -1.79. The zero-order valence-electron chi connectivity index (χ0n) is 21.1. The molecule has 1 saturated heterocycles. The minimum Gasteiger partial charge on any atom is -0.388 e. The van der Waals surface area contributed by atoms with Gasteiger partial charge >= 0.3 is 10.2 Å². The van der Waals surface area contributed by atoms with Crippen molar-refractivity contribution in [3.8, 4) is 0 Å². The van der Waals surface area contributed by atoms with Crippen molar-refractivity contribution in [1.82, 2.24) is 4.98 Å². The maximum atomic E-state index is 13.4. The molecule has 5 rings (SSSR count). The van der Waals surface area contributed by atoms with Gasteiger partial charge in [-0.1, -0.05) is 59.3 Å². The van der Waals surface area contributed by atoms with Crippen molar-refractivity contribution in [2.24, 2.45) is 5.41 Å². The van der Waals surface area contributed by atoms with Crippen LogP contribution in [0.1, 0.15) is 105 Å². The number of aromatic nitrogens is 1. The first-order chi connectivity index (χ1) is 16.8. The number of nitrogens with zero attached hydrogens (tertiary/aromatic N) is 1. The number of aliphatic hydroxyl groups is 2. The molecule has 2 aliphatic heterocycles. The minimum atomic E-state index is -9.83. The normalized spacial score (nSPS) is 28.5. The van der Waals surface area contributed by atoms with Crippen molar-refractivity contribution < 1.29 is 39.1 Å². The number of halogens is 5. The molecule has 5 nitrogen and oxygen atoms in total. The summed E-state index contributed by atoms with van der Waals surface area (Å²) >= 11 is 0. The SMILES string of the molecule is CC(C)c1nc2c(c3c1[C@@H](c1ccc(S(F)(F)(F)(F)F)cc1)OC31CCOCC1)[C@@H](O)CC(C)(C)[C@H]2O. The van der Waals surface area contributed by atoms with Gasteiger partial charge in [0.1, 0.15) is 17.1 Å². The Balaban J connectivity index is 1.76. The maximum Gasteiger partial charge on any atom is 0.310 e. The van der Waals surface area contributed by atoms with Gasteiger partial charge in [0.15, 0.2) is 0 Å². The van der Waals surface area contributed by atoms with Gasteiger partial charge in [0.2, 0.25) is 0 Å². The van der Waals surface area contributed by atoms with Gasteiger partial charge < -0.3 is 19.7 Å². The maximum absolute atomic E-state index is 13.4. The van der Waals surface area contributed by atoms with Crippen LogP contribution >= 0.6 is 10.2 Å². The molecule has 3 heterocycles. The number of hydrogen-bond donors (Lipinski definition) is 2. The van der Waals surface area contributed by atoms with E-state index in [1.807, 2.05) is 27.7 Å². The molecule has 1 aliphatic carbocycles. The molecule has 1 spiro atoms. The van der Waals surface area contributed by atoms with E-state index in [0.717, 1.165) is 12.1 Å². The molecule has 0 unspecified atom stereocenters. The number of ether oxygens (including phenoxy) is 2. The van der Waals surface area contributed by atoms with Gasteiger partial charge in [0, 0.05) is 42.9 Å². The third-order valence-electron chi connectivity index (χ3n) is 7.92. The first-order valence-corrected chi connectivity index (χ1v) is 14.3. The van der Waals surface area contributed by atoms with Crippen LogP contribution in [0.4, 0.5) is 19.4 Å². The molecule has 11 heteroatoms. The quantitative estimate of drug-likeness (QED) is 0.388. The summed E-state index contributed by atoms with van der Waals surface area (Å²) in [5, 5.41) is 22.6. The van der Waals surface area contributed by atoms with Gasteiger partial charge in [-0.2, -0.15) is 0 Å². The topological polar surface area (TPSA) is 71.8 Å². The Bertz CT molecular complexity index is 1240. The highest BCUT2D eigenvalue weighted by atomic mass is 32.5. The average molecular weight is 550 g/mol. The molecule has 37 heavy (non-hydrogen) atoms. The Morgan fingerprint density at radius 1 is 0.973 bits per heavy atom. The first kappa shape index (κ1) is 26.8. The lowest BCUT2D eigenvalue weighted by atomic mass is 9.68. The highest BCUT2D eigenvalue weighted by Gasteiger charge is 2.65. The van der Waals surface area contributed by atoms with Gasteiger partial charge in [0.05, 0.1) is 17.4 Å². The Kier molecular flexibility index (Phi) is 5.54. The zero-order chi connectivity index (χ0) is 27.2. The number of fused-ring (bicyclic) bond motifs is 4. The number of aliphatic hydroxyl groups excluding tert-OH is 2. The van der Waals surface area contributed by atoms with Gasteiger partial charge in [-0.15, -0.1) is 0 Å². The summed E-state index contributed by atoms with van der Waals surface area (Å²) in [5.41, 5.74) is 1.54. The molecule has 0 bridgehead atoms. The van der Waals surface area contributed by atoms with Crippen LogP contribution in [0.25, 0.3) is 0 Å². The van der Waals surface area contributed by atoms with E-state index in [9.17, 15) is 29.6 Å². The van der Waals surface area contributed by atoms with Crippen molar-refractivity contribution in [1.29, 1.82) is 0 Å². The third kappa shape index (κ3) is 4.36. The number of rotatable bonds is 3. The lowest BCUT2D eigenvalue weighted by Crippen LogP contribution is -2.38. The lowest BCUT2D eigenvalue weighted by Gasteiger charge is -2.42. The van der Waals surface area contributed by atoms with Crippen molar-refractivity contribution in [3.05, 3.63) is 57.9 Å². The van der Waals surface area contributed by atoms with Crippen molar-refractivity contribution in [2.45, 2.75) is 81.7 Å². The Labute approximate surface area is 212 Å². The van der Waals surface area contributed by atoms with Gasteiger partial charge in [-0.25, -0.2) is 0 Å². The van der Waals surface area contributed by atoms with E-state index in [1.54, 1.807) is 0 Å². The largest absolute Gasteiger partial charge is 0.388 e. The molecule has 206 valence electrons. The Morgan fingerprint density at radius 3 is 2.11 bits per heavy atom. The smallest absolute Gasteiger partial charge is 0.310 e. The van der Waals surface area contributed by atoms with Crippen molar-refractivity contribution in [3.63, 3.8) is 0 Å². The molecule has 1 aromatic carbocycles. The molecule has 3 aliphatic rings. The summed E-state index contributed by atoms with van der Waals surface area (Å²) in [7, 11) is -9.83. The standard InChI is InChI=1S/C26H32F5NO4S/c1-14(2)21-19-20(18-17(33)13-25(3,4)24(34)22(18)32-21)26(9-11-35-12-10-26)36-23(19)15-5-7-16(8-6-15)37(27,28,29,30)31/h5-8,14,17,23-24,33-34H,9-13H2,1-4H3/t17-,23+,24-/m0/s1.